The molecule has 4 aromatic heterocycles. The summed E-state index contributed by atoms with van der Waals surface area (Å²) in [6, 6.07) is 16.7. The Morgan fingerprint density at radius 1 is 1.00 bits per heavy atom. The van der Waals surface area contributed by atoms with Crippen molar-refractivity contribution in [3.63, 3.8) is 0 Å². The normalized spacial score (nSPS) is 14.2. The number of hydrogen-bond acceptors (Lipinski definition) is 9. The van der Waals surface area contributed by atoms with Gasteiger partial charge in [0.25, 0.3) is 5.69 Å². The number of aromatic nitrogens is 5. The van der Waals surface area contributed by atoms with Crippen LogP contribution < -0.4 is 10.4 Å². The highest BCUT2D eigenvalue weighted by molar-refractivity contribution is 5.87. The van der Waals surface area contributed by atoms with Crippen molar-refractivity contribution < 1.29 is 14.1 Å². The van der Waals surface area contributed by atoms with Crippen LogP contribution >= 0.6 is 0 Å². The molecule has 0 spiro atoms. The first-order valence-electron chi connectivity index (χ1n) is 11.2. The Hall–Kier alpha value is -5.45. The van der Waals surface area contributed by atoms with E-state index in [1.807, 2.05) is 12.1 Å². The van der Waals surface area contributed by atoms with Crippen LogP contribution in [0.1, 0.15) is 22.6 Å². The molecule has 11 heteroatoms. The number of nitrogens with zero attached hydrogens (tertiary/aromatic N) is 6. The molecule has 178 valence electrons. The zero-order chi connectivity index (χ0) is 25.1. The number of ether oxygens (including phenoxy) is 1. The number of benzene rings is 2. The molecule has 6 aromatic rings. The summed E-state index contributed by atoms with van der Waals surface area (Å²) in [5.74, 6) is 0.264. The SMILES string of the molecule is O=c1oc2ccccc2c2c1C(c1ccc([N+](=O)[O-])cc1)c1c(ncn3nc(-c4cccnc4)nc13)O2. The minimum atomic E-state index is -0.734. The number of pyridine rings is 1. The fraction of sp³-hybridized carbons (Fsp3) is 0.0385. The third-order valence-corrected chi connectivity index (χ3v) is 6.32. The third kappa shape index (κ3) is 3.18. The number of fused-ring (bicyclic) bond motifs is 6. The Bertz CT molecular complexity index is 1910. The van der Waals surface area contributed by atoms with E-state index in [0.29, 0.717) is 44.9 Å². The van der Waals surface area contributed by atoms with Crippen LogP contribution in [0.3, 0.4) is 0 Å². The van der Waals surface area contributed by atoms with Crippen molar-refractivity contribution in [1.82, 2.24) is 24.6 Å². The molecule has 2 aromatic carbocycles. The van der Waals surface area contributed by atoms with Crippen molar-refractivity contribution >= 4 is 22.3 Å². The van der Waals surface area contributed by atoms with E-state index in [1.54, 1.807) is 48.8 Å². The highest BCUT2D eigenvalue weighted by Gasteiger charge is 2.37. The smallest absolute Gasteiger partial charge is 0.344 e. The van der Waals surface area contributed by atoms with E-state index in [-0.39, 0.29) is 17.1 Å². The van der Waals surface area contributed by atoms with Gasteiger partial charge in [-0.05, 0) is 29.8 Å². The second-order valence-electron chi connectivity index (χ2n) is 8.42. The summed E-state index contributed by atoms with van der Waals surface area (Å²) < 4.78 is 13.4. The van der Waals surface area contributed by atoms with Crippen LogP contribution in [0.2, 0.25) is 0 Å². The van der Waals surface area contributed by atoms with Gasteiger partial charge in [0.1, 0.15) is 11.9 Å². The van der Waals surface area contributed by atoms with Crippen molar-refractivity contribution in [2.75, 3.05) is 0 Å². The lowest BCUT2D eigenvalue weighted by atomic mass is 9.84. The van der Waals surface area contributed by atoms with Crippen molar-refractivity contribution in [3.05, 3.63) is 117 Å². The summed E-state index contributed by atoms with van der Waals surface area (Å²) >= 11 is 0. The molecule has 37 heavy (non-hydrogen) atoms. The summed E-state index contributed by atoms with van der Waals surface area (Å²) in [6.07, 6.45) is 4.79. The first-order valence-corrected chi connectivity index (χ1v) is 11.2. The average molecular weight is 490 g/mol. The highest BCUT2D eigenvalue weighted by atomic mass is 16.6. The molecule has 0 saturated heterocycles. The lowest BCUT2D eigenvalue weighted by Gasteiger charge is -2.27. The number of para-hydroxylation sites is 1. The number of nitro benzene ring substituents is 1. The number of non-ortho nitro benzene ring substituents is 1. The molecule has 7 rings (SSSR count). The second-order valence-corrected chi connectivity index (χ2v) is 8.42. The van der Waals surface area contributed by atoms with Gasteiger partial charge in [-0.2, -0.15) is 0 Å². The van der Waals surface area contributed by atoms with Gasteiger partial charge in [0.15, 0.2) is 17.2 Å². The zero-order valence-electron chi connectivity index (χ0n) is 18.8. The van der Waals surface area contributed by atoms with E-state index >= 15 is 0 Å². The van der Waals surface area contributed by atoms with Gasteiger partial charge >= 0.3 is 5.63 Å². The summed E-state index contributed by atoms with van der Waals surface area (Å²) in [7, 11) is 0. The largest absolute Gasteiger partial charge is 0.437 e. The maximum absolute atomic E-state index is 13.4. The Morgan fingerprint density at radius 3 is 2.62 bits per heavy atom. The Kier molecular flexibility index (Phi) is 4.39. The van der Waals surface area contributed by atoms with Gasteiger partial charge in [-0.15, -0.1) is 5.10 Å². The van der Waals surface area contributed by atoms with Gasteiger partial charge in [0.2, 0.25) is 5.88 Å². The number of nitro groups is 1. The second kappa shape index (κ2) is 7.78. The monoisotopic (exact) mass is 490 g/mol. The summed E-state index contributed by atoms with van der Waals surface area (Å²) in [5.41, 5.74) is 2.20. The quantitative estimate of drug-likeness (QED) is 0.199. The van der Waals surface area contributed by atoms with E-state index in [2.05, 4.69) is 15.1 Å². The van der Waals surface area contributed by atoms with Gasteiger partial charge < -0.3 is 9.15 Å². The predicted molar refractivity (Wildman–Crippen MR) is 131 cm³/mol. The molecular formula is C26H14N6O5. The van der Waals surface area contributed by atoms with E-state index < -0.39 is 16.5 Å². The Balaban J connectivity index is 1.54. The Labute approximate surface area is 206 Å². The van der Waals surface area contributed by atoms with Gasteiger partial charge in [-0.3, -0.25) is 15.1 Å². The zero-order valence-corrected chi connectivity index (χ0v) is 18.8. The van der Waals surface area contributed by atoms with E-state index in [1.165, 1.54) is 23.0 Å². The Morgan fingerprint density at radius 2 is 1.84 bits per heavy atom. The van der Waals surface area contributed by atoms with Crippen LogP contribution in [-0.2, 0) is 0 Å². The van der Waals surface area contributed by atoms with Crippen molar-refractivity contribution in [3.8, 4) is 23.0 Å². The van der Waals surface area contributed by atoms with Crippen LogP contribution in [0.25, 0.3) is 28.0 Å². The highest BCUT2D eigenvalue weighted by Crippen LogP contribution is 2.48. The summed E-state index contributed by atoms with van der Waals surface area (Å²) in [5, 5.41) is 16.4. The first-order chi connectivity index (χ1) is 18.1. The van der Waals surface area contributed by atoms with Gasteiger partial charge in [-0.25, -0.2) is 19.3 Å². The van der Waals surface area contributed by atoms with Gasteiger partial charge in [0.05, 0.1) is 27.4 Å². The fourth-order valence-electron chi connectivity index (χ4n) is 4.67. The molecule has 0 amide bonds. The molecule has 0 aliphatic carbocycles. The minimum absolute atomic E-state index is 0.0699. The molecule has 0 N–H and O–H groups in total. The molecule has 1 unspecified atom stereocenters. The molecule has 5 heterocycles. The summed E-state index contributed by atoms with van der Waals surface area (Å²) in [4.78, 5) is 37.6. The molecule has 0 bridgehead atoms. The lowest BCUT2D eigenvalue weighted by Crippen LogP contribution is -2.22. The van der Waals surface area contributed by atoms with E-state index in [4.69, 9.17) is 14.1 Å². The average Bonchev–Trinajstić information content (AvgIpc) is 3.37. The molecule has 1 aliphatic rings. The molecule has 1 aliphatic heterocycles. The van der Waals surface area contributed by atoms with Gasteiger partial charge in [0, 0.05) is 30.1 Å². The van der Waals surface area contributed by atoms with Gasteiger partial charge in [-0.1, -0.05) is 24.3 Å². The molecule has 0 fully saturated rings. The summed E-state index contributed by atoms with van der Waals surface area (Å²) in [6.45, 7) is 0. The third-order valence-electron chi connectivity index (χ3n) is 6.32. The fourth-order valence-corrected chi connectivity index (χ4v) is 4.67. The van der Waals surface area contributed by atoms with Crippen LogP contribution in [0.4, 0.5) is 5.69 Å². The van der Waals surface area contributed by atoms with Crippen molar-refractivity contribution in [1.29, 1.82) is 0 Å². The molecule has 0 saturated carbocycles. The maximum atomic E-state index is 13.4. The van der Waals surface area contributed by atoms with E-state index in [9.17, 15) is 14.9 Å². The minimum Gasteiger partial charge on any atom is -0.437 e. The van der Waals surface area contributed by atoms with E-state index in [0.717, 1.165) is 0 Å². The molecule has 0 radical (unpaired) electrons. The molecular weight excluding hydrogens is 476 g/mol. The maximum Gasteiger partial charge on any atom is 0.344 e. The molecule has 11 nitrogen and oxygen atoms in total. The van der Waals surface area contributed by atoms with Crippen LogP contribution in [-0.4, -0.2) is 29.5 Å². The predicted octanol–water partition coefficient (Wildman–Crippen LogP) is 4.49. The molecule has 1 atom stereocenters. The lowest BCUT2D eigenvalue weighted by molar-refractivity contribution is -0.384. The van der Waals surface area contributed by atoms with Crippen LogP contribution in [0, 0.1) is 10.1 Å². The van der Waals surface area contributed by atoms with Crippen molar-refractivity contribution in [2.24, 2.45) is 0 Å². The number of rotatable bonds is 3. The van der Waals surface area contributed by atoms with Crippen molar-refractivity contribution in [2.45, 2.75) is 5.92 Å². The van der Waals surface area contributed by atoms with Crippen LogP contribution in [0.15, 0.2) is 88.6 Å². The number of hydrogen-bond donors (Lipinski definition) is 0. The standard InChI is InChI=1S/C26H14N6O5/c33-26-20-19(14-7-9-16(10-8-14)32(34)35)21-24-29-23(15-4-3-11-27-12-15)30-31(24)13-28-25(21)37-22(20)17-5-1-2-6-18(17)36-26/h1-13,19H. The first kappa shape index (κ1) is 20.9. The van der Waals surface area contributed by atoms with Crippen LogP contribution in [0.5, 0.6) is 11.6 Å². The topological polar surface area (TPSA) is 139 Å².